The van der Waals surface area contributed by atoms with Crippen molar-refractivity contribution in [2.24, 2.45) is 5.73 Å². The first-order valence-electron chi connectivity index (χ1n) is 13.1. The fraction of sp³-hybridized carbons (Fsp3) is 0.345. The maximum absolute atomic E-state index is 11.8. The highest BCUT2D eigenvalue weighted by Gasteiger charge is 2.24. The van der Waals surface area contributed by atoms with Gasteiger partial charge in [-0.3, -0.25) is 9.78 Å². The van der Waals surface area contributed by atoms with Crippen molar-refractivity contribution in [2.45, 2.75) is 44.8 Å². The van der Waals surface area contributed by atoms with Crippen LogP contribution in [0.5, 0.6) is 0 Å². The Morgan fingerprint density at radius 1 is 1.21 bits per heavy atom. The van der Waals surface area contributed by atoms with E-state index in [1.807, 2.05) is 42.5 Å². The predicted molar refractivity (Wildman–Crippen MR) is 154 cm³/mol. The SMILES string of the molecule is CCCc1cc(N2CCC(NCC(O)c3ccc(-c4ccccn4)cc3)CC2)nc2sc(C(N)=O)c(N)c12. The summed E-state index contributed by atoms with van der Waals surface area (Å²) in [6, 6.07) is 16.2. The van der Waals surface area contributed by atoms with Crippen LogP contribution < -0.4 is 21.7 Å². The third-order valence-corrected chi connectivity index (χ3v) is 8.30. The zero-order chi connectivity index (χ0) is 26.6. The number of carbonyl (C=O) groups is 1. The lowest BCUT2D eigenvalue weighted by Gasteiger charge is -2.34. The first-order chi connectivity index (χ1) is 18.4. The van der Waals surface area contributed by atoms with E-state index in [9.17, 15) is 9.90 Å². The van der Waals surface area contributed by atoms with Gasteiger partial charge in [-0.2, -0.15) is 0 Å². The molecule has 0 spiro atoms. The number of hydrogen-bond donors (Lipinski definition) is 4. The van der Waals surface area contributed by atoms with Gasteiger partial charge in [-0.05, 0) is 48.6 Å². The van der Waals surface area contributed by atoms with Crippen LogP contribution in [0, 0.1) is 0 Å². The zero-order valence-electron chi connectivity index (χ0n) is 21.6. The number of carbonyl (C=O) groups excluding carboxylic acids is 1. The number of aromatic nitrogens is 2. The monoisotopic (exact) mass is 530 g/mol. The van der Waals surface area contributed by atoms with E-state index in [0.717, 1.165) is 77.2 Å². The lowest BCUT2D eigenvalue weighted by Crippen LogP contribution is -2.44. The van der Waals surface area contributed by atoms with Crippen LogP contribution in [-0.2, 0) is 6.42 Å². The minimum absolute atomic E-state index is 0.325. The molecule has 0 radical (unpaired) electrons. The molecule has 3 aromatic heterocycles. The maximum Gasteiger partial charge on any atom is 0.260 e. The molecule has 4 aromatic rings. The number of primary amides is 1. The largest absolute Gasteiger partial charge is 0.397 e. The fourth-order valence-electron chi connectivity index (χ4n) is 5.11. The van der Waals surface area contributed by atoms with Gasteiger partial charge in [0.1, 0.15) is 15.5 Å². The van der Waals surface area contributed by atoms with Crippen LogP contribution in [0.2, 0.25) is 0 Å². The summed E-state index contributed by atoms with van der Waals surface area (Å²) < 4.78 is 0. The Bertz CT molecular complexity index is 1400. The number of fused-ring (bicyclic) bond motifs is 1. The molecule has 1 aromatic carbocycles. The normalized spacial score (nSPS) is 15.2. The zero-order valence-corrected chi connectivity index (χ0v) is 22.4. The van der Waals surface area contributed by atoms with Crippen LogP contribution in [0.4, 0.5) is 11.5 Å². The van der Waals surface area contributed by atoms with Gasteiger partial charge in [-0.25, -0.2) is 4.98 Å². The molecular formula is C29H34N6O2S. The third kappa shape index (κ3) is 5.50. The van der Waals surface area contributed by atoms with Gasteiger partial charge in [-0.15, -0.1) is 11.3 Å². The molecule has 1 amide bonds. The first kappa shape index (κ1) is 26.1. The summed E-state index contributed by atoms with van der Waals surface area (Å²) in [7, 11) is 0. The fourth-order valence-corrected chi connectivity index (χ4v) is 6.10. The van der Waals surface area contributed by atoms with Gasteiger partial charge in [0.15, 0.2) is 0 Å². The summed E-state index contributed by atoms with van der Waals surface area (Å²) in [4.78, 5) is 24.5. The quantitative estimate of drug-likeness (QED) is 0.254. The number of rotatable bonds is 9. The van der Waals surface area contributed by atoms with Gasteiger partial charge in [0.05, 0.1) is 17.5 Å². The van der Waals surface area contributed by atoms with E-state index in [0.29, 0.717) is 23.2 Å². The summed E-state index contributed by atoms with van der Waals surface area (Å²) in [5, 5.41) is 15.2. The average molecular weight is 531 g/mol. The molecule has 198 valence electrons. The van der Waals surface area contributed by atoms with E-state index in [-0.39, 0.29) is 0 Å². The highest BCUT2D eigenvalue weighted by Crippen LogP contribution is 2.37. The number of aliphatic hydroxyl groups is 1. The smallest absolute Gasteiger partial charge is 0.260 e. The van der Waals surface area contributed by atoms with Crippen molar-refractivity contribution in [3.63, 3.8) is 0 Å². The number of nitrogens with zero attached hydrogens (tertiary/aromatic N) is 3. The van der Waals surface area contributed by atoms with E-state index in [2.05, 4.69) is 28.2 Å². The molecule has 9 heteroatoms. The Balaban J connectivity index is 1.19. The lowest BCUT2D eigenvalue weighted by molar-refractivity contribution is 0.100. The van der Waals surface area contributed by atoms with Crippen LogP contribution >= 0.6 is 11.3 Å². The number of aryl methyl sites for hydroxylation is 1. The number of nitrogens with two attached hydrogens (primary N) is 2. The number of nitrogen functional groups attached to an aromatic ring is 1. The van der Waals surface area contributed by atoms with Gasteiger partial charge >= 0.3 is 0 Å². The number of thiophene rings is 1. The Morgan fingerprint density at radius 3 is 2.63 bits per heavy atom. The average Bonchev–Trinajstić information content (AvgIpc) is 3.29. The van der Waals surface area contributed by atoms with Crippen LogP contribution in [0.15, 0.2) is 54.7 Å². The number of amides is 1. The standard InChI is InChI=1S/C29H34N6O2S/c1-2-5-20-16-24(34-29-25(20)26(30)27(38-29)28(31)37)35-14-11-21(12-15-35)33-17-23(36)19-9-7-18(8-10-19)22-6-3-4-13-32-22/h3-4,6-10,13,16,21,23,33,36H,2,5,11-12,14-15,17,30H2,1H3,(H2,31,37). The summed E-state index contributed by atoms with van der Waals surface area (Å²) in [6.07, 6.45) is 4.95. The van der Waals surface area contributed by atoms with Crippen LogP contribution in [0.25, 0.3) is 21.5 Å². The number of piperidine rings is 1. The summed E-state index contributed by atoms with van der Waals surface area (Å²) >= 11 is 1.28. The van der Waals surface area contributed by atoms with Gasteiger partial charge in [0.25, 0.3) is 5.91 Å². The molecule has 1 unspecified atom stereocenters. The molecule has 1 atom stereocenters. The van der Waals surface area contributed by atoms with Gasteiger partial charge in [0, 0.05) is 42.8 Å². The Morgan fingerprint density at radius 2 is 1.97 bits per heavy atom. The Kier molecular flexibility index (Phi) is 7.87. The van der Waals surface area contributed by atoms with Crippen molar-refractivity contribution >= 4 is 39.0 Å². The molecule has 4 heterocycles. The van der Waals surface area contributed by atoms with E-state index >= 15 is 0 Å². The van der Waals surface area contributed by atoms with E-state index < -0.39 is 12.0 Å². The maximum atomic E-state index is 11.8. The second-order valence-corrected chi connectivity index (χ2v) is 10.8. The van der Waals surface area contributed by atoms with Crippen LogP contribution in [0.3, 0.4) is 0 Å². The summed E-state index contributed by atoms with van der Waals surface area (Å²) in [6.45, 7) is 4.35. The first-order valence-corrected chi connectivity index (χ1v) is 14.0. The number of hydrogen-bond acceptors (Lipinski definition) is 8. The predicted octanol–water partition coefficient (Wildman–Crippen LogP) is 4.28. The minimum atomic E-state index is -0.574. The van der Waals surface area contributed by atoms with E-state index in [4.69, 9.17) is 16.5 Å². The Labute approximate surface area is 226 Å². The molecule has 6 N–H and O–H groups in total. The van der Waals surface area contributed by atoms with Gasteiger partial charge < -0.3 is 26.8 Å². The van der Waals surface area contributed by atoms with Crippen LogP contribution in [0.1, 0.15) is 53.1 Å². The molecule has 0 saturated carbocycles. The van der Waals surface area contributed by atoms with Crippen molar-refractivity contribution < 1.29 is 9.90 Å². The number of aliphatic hydroxyl groups excluding tert-OH is 1. The Hall–Kier alpha value is -3.53. The molecule has 8 nitrogen and oxygen atoms in total. The second kappa shape index (κ2) is 11.5. The van der Waals surface area contributed by atoms with Gasteiger partial charge in [0.2, 0.25) is 0 Å². The molecule has 1 fully saturated rings. The molecule has 1 aliphatic rings. The number of benzene rings is 1. The topological polar surface area (TPSA) is 130 Å². The highest BCUT2D eigenvalue weighted by molar-refractivity contribution is 7.21. The molecule has 0 aliphatic carbocycles. The van der Waals surface area contributed by atoms with Crippen molar-refractivity contribution in [1.29, 1.82) is 0 Å². The minimum Gasteiger partial charge on any atom is -0.397 e. The molecule has 38 heavy (non-hydrogen) atoms. The van der Waals surface area contributed by atoms with Crippen molar-refractivity contribution in [1.82, 2.24) is 15.3 Å². The van der Waals surface area contributed by atoms with Crippen molar-refractivity contribution in [3.05, 3.63) is 70.7 Å². The van der Waals surface area contributed by atoms with Crippen molar-refractivity contribution in [3.8, 4) is 11.3 Å². The number of anilines is 2. The number of nitrogens with one attached hydrogen (secondary N) is 1. The third-order valence-electron chi connectivity index (χ3n) is 7.19. The molecular weight excluding hydrogens is 496 g/mol. The number of pyridine rings is 2. The molecule has 1 aliphatic heterocycles. The lowest BCUT2D eigenvalue weighted by atomic mass is 10.0. The van der Waals surface area contributed by atoms with Gasteiger partial charge in [-0.1, -0.05) is 43.7 Å². The highest BCUT2D eigenvalue weighted by atomic mass is 32.1. The van der Waals surface area contributed by atoms with Crippen molar-refractivity contribution in [2.75, 3.05) is 30.3 Å². The van der Waals surface area contributed by atoms with E-state index in [1.54, 1.807) is 6.20 Å². The molecule has 5 rings (SSSR count). The summed E-state index contributed by atoms with van der Waals surface area (Å²) in [5.41, 5.74) is 16.2. The second-order valence-electron chi connectivity index (χ2n) is 9.80. The van der Waals surface area contributed by atoms with Crippen LogP contribution in [-0.4, -0.2) is 46.7 Å². The molecule has 1 saturated heterocycles. The molecule has 0 bridgehead atoms. The van der Waals surface area contributed by atoms with E-state index in [1.165, 1.54) is 11.3 Å². The summed E-state index contributed by atoms with van der Waals surface area (Å²) in [5.74, 6) is 0.414.